The van der Waals surface area contributed by atoms with E-state index in [4.69, 9.17) is 23.2 Å². The first-order valence-corrected chi connectivity index (χ1v) is 9.59. The van der Waals surface area contributed by atoms with Gasteiger partial charge < -0.3 is 10.0 Å². The Morgan fingerprint density at radius 2 is 1.82 bits per heavy atom. The van der Waals surface area contributed by atoms with Crippen LogP contribution in [0.1, 0.15) is 24.0 Å². The molecule has 7 heteroatoms. The van der Waals surface area contributed by atoms with Crippen molar-refractivity contribution in [3.8, 4) is 6.07 Å². The molecule has 142 valence electrons. The second kappa shape index (κ2) is 7.21. The molecule has 3 aromatic rings. The third-order valence-corrected chi connectivity index (χ3v) is 5.94. The van der Waals surface area contributed by atoms with Gasteiger partial charge in [-0.3, -0.25) is 4.98 Å². The Hall–Kier alpha value is -2.39. The second-order valence-electron chi connectivity index (χ2n) is 6.88. The highest BCUT2D eigenvalue weighted by molar-refractivity contribution is 6.36. The van der Waals surface area contributed by atoms with Crippen molar-refractivity contribution in [1.82, 2.24) is 4.98 Å². The molecule has 2 heterocycles. The highest BCUT2D eigenvalue weighted by atomic mass is 35.5. The van der Waals surface area contributed by atoms with Gasteiger partial charge in [-0.05, 0) is 31.0 Å². The number of nitrogens with zero attached hydrogens (tertiary/aromatic N) is 3. The molecule has 0 saturated carbocycles. The molecule has 1 N–H and O–H groups in total. The average Bonchev–Trinajstić information content (AvgIpc) is 2.71. The number of fused-ring (bicyclic) bond motifs is 1. The van der Waals surface area contributed by atoms with Crippen molar-refractivity contribution >= 4 is 39.8 Å². The van der Waals surface area contributed by atoms with E-state index in [1.165, 1.54) is 18.3 Å². The van der Waals surface area contributed by atoms with Gasteiger partial charge in [-0.15, -0.1) is 0 Å². The minimum atomic E-state index is -1.06. The van der Waals surface area contributed by atoms with Crippen molar-refractivity contribution in [3.63, 3.8) is 0 Å². The lowest BCUT2D eigenvalue weighted by molar-refractivity contribution is 0.0119. The van der Waals surface area contributed by atoms with Gasteiger partial charge in [0.15, 0.2) is 0 Å². The van der Waals surface area contributed by atoms with Crippen LogP contribution in [0.4, 0.5) is 10.1 Å². The van der Waals surface area contributed by atoms with Gasteiger partial charge in [-0.25, -0.2) is 4.39 Å². The van der Waals surface area contributed by atoms with E-state index in [1.54, 1.807) is 6.07 Å². The Bertz CT molecular complexity index is 1100. The molecule has 1 fully saturated rings. The fraction of sp³-hybridized carbons (Fsp3) is 0.238. The van der Waals surface area contributed by atoms with Gasteiger partial charge in [-0.1, -0.05) is 41.4 Å². The predicted octanol–water partition coefficient (Wildman–Crippen LogP) is 5.04. The monoisotopic (exact) mass is 415 g/mol. The molecular formula is C21H16Cl2FN3O. The van der Waals surface area contributed by atoms with E-state index in [0.717, 1.165) is 0 Å². The van der Waals surface area contributed by atoms with E-state index in [-0.39, 0.29) is 5.52 Å². The van der Waals surface area contributed by atoms with Gasteiger partial charge in [0.2, 0.25) is 0 Å². The van der Waals surface area contributed by atoms with Crippen LogP contribution >= 0.6 is 23.2 Å². The number of nitriles is 1. The third kappa shape index (κ3) is 3.08. The number of aromatic nitrogens is 1. The average molecular weight is 416 g/mol. The molecule has 0 aliphatic carbocycles. The molecular weight excluding hydrogens is 400 g/mol. The van der Waals surface area contributed by atoms with Crippen LogP contribution in [-0.4, -0.2) is 23.2 Å². The minimum Gasteiger partial charge on any atom is -0.385 e. The lowest BCUT2D eigenvalue weighted by Gasteiger charge is -2.40. The molecule has 4 rings (SSSR count). The fourth-order valence-electron chi connectivity index (χ4n) is 3.84. The van der Waals surface area contributed by atoms with Crippen molar-refractivity contribution in [2.24, 2.45) is 0 Å². The van der Waals surface area contributed by atoms with Crippen LogP contribution in [0.3, 0.4) is 0 Å². The van der Waals surface area contributed by atoms with Gasteiger partial charge >= 0.3 is 0 Å². The number of rotatable bonds is 2. The molecule has 0 unspecified atom stereocenters. The molecule has 1 aliphatic rings. The maximum absolute atomic E-state index is 14.3. The molecule has 2 aromatic carbocycles. The summed E-state index contributed by atoms with van der Waals surface area (Å²) in [5.41, 5.74) is 0.648. The molecule has 1 aliphatic heterocycles. The summed E-state index contributed by atoms with van der Waals surface area (Å²) in [6.07, 6.45) is 2.20. The second-order valence-corrected chi connectivity index (χ2v) is 7.70. The van der Waals surface area contributed by atoms with Crippen molar-refractivity contribution in [3.05, 3.63) is 69.6 Å². The number of aliphatic hydroxyl groups is 1. The van der Waals surface area contributed by atoms with Crippen molar-refractivity contribution in [1.29, 1.82) is 5.26 Å². The quantitative estimate of drug-likeness (QED) is 0.636. The van der Waals surface area contributed by atoms with E-state index in [2.05, 4.69) is 11.1 Å². The van der Waals surface area contributed by atoms with E-state index < -0.39 is 11.4 Å². The highest BCUT2D eigenvalue weighted by Gasteiger charge is 2.36. The molecule has 0 spiro atoms. The third-order valence-electron chi connectivity index (χ3n) is 5.30. The minimum absolute atomic E-state index is 0.133. The van der Waals surface area contributed by atoms with Crippen LogP contribution in [0.5, 0.6) is 0 Å². The predicted molar refractivity (Wildman–Crippen MR) is 108 cm³/mol. The van der Waals surface area contributed by atoms with Crippen LogP contribution < -0.4 is 4.90 Å². The first kappa shape index (κ1) is 18.9. The zero-order valence-corrected chi connectivity index (χ0v) is 16.3. The van der Waals surface area contributed by atoms with E-state index in [1.807, 2.05) is 23.1 Å². The Labute approximate surface area is 171 Å². The van der Waals surface area contributed by atoms with E-state index >= 15 is 0 Å². The van der Waals surface area contributed by atoms with Gasteiger partial charge in [0.05, 0.1) is 21.9 Å². The largest absolute Gasteiger partial charge is 0.385 e. The van der Waals surface area contributed by atoms with Crippen LogP contribution in [-0.2, 0) is 5.60 Å². The topological polar surface area (TPSA) is 60.2 Å². The summed E-state index contributed by atoms with van der Waals surface area (Å²) in [5.74, 6) is -0.491. The van der Waals surface area contributed by atoms with Crippen LogP contribution in [0.2, 0.25) is 10.0 Å². The standard InChI is InChI=1S/C21H16Cl2FN3O/c22-15-4-2-1-3-14(15)21(28)7-9-27(10-8-21)20-13(11-25)12-26-19-17(24)6-5-16(23)18(19)20/h1-6,12,28H,7-10H2. The molecule has 28 heavy (non-hydrogen) atoms. The fourth-order valence-corrected chi connectivity index (χ4v) is 4.39. The summed E-state index contributed by atoms with van der Waals surface area (Å²) in [5, 5.41) is 22.0. The summed E-state index contributed by atoms with van der Waals surface area (Å²) in [4.78, 5) is 6.04. The number of hydrogen-bond acceptors (Lipinski definition) is 4. The Balaban J connectivity index is 1.75. The Kier molecular flexibility index (Phi) is 4.88. The van der Waals surface area contributed by atoms with Crippen LogP contribution in [0.25, 0.3) is 10.9 Å². The molecule has 1 saturated heterocycles. The first-order valence-electron chi connectivity index (χ1n) is 8.84. The maximum atomic E-state index is 14.3. The first-order chi connectivity index (χ1) is 13.4. The van der Waals surface area contributed by atoms with Gasteiger partial charge in [0, 0.05) is 35.3 Å². The highest BCUT2D eigenvalue weighted by Crippen LogP contribution is 2.41. The van der Waals surface area contributed by atoms with E-state index in [0.29, 0.717) is 58.2 Å². The van der Waals surface area contributed by atoms with Gasteiger partial charge in [0.1, 0.15) is 17.4 Å². The van der Waals surface area contributed by atoms with Crippen molar-refractivity contribution in [2.45, 2.75) is 18.4 Å². The summed E-state index contributed by atoms with van der Waals surface area (Å²) >= 11 is 12.6. The molecule has 0 bridgehead atoms. The lowest BCUT2D eigenvalue weighted by atomic mass is 9.84. The number of halogens is 3. The zero-order chi connectivity index (χ0) is 19.9. The van der Waals surface area contributed by atoms with Crippen molar-refractivity contribution in [2.75, 3.05) is 18.0 Å². The number of anilines is 1. The number of pyridine rings is 1. The number of benzene rings is 2. The van der Waals surface area contributed by atoms with Crippen LogP contribution in [0.15, 0.2) is 42.6 Å². The summed E-state index contributed by atoms with van der Waals surface area (Å²) in [6.45, 7) is 0.921. The molecule has 0 amide bonds. The molecule has 1 aromatic heterocycles. The summed E-state index contributed by atoms with van der Waals surface area (Å²) < 4.78 is 14.3. The maximum Gasteiger partial charge on any atom is 0.149 e. The van der Waals surface area contributed by atoms with E-state index in [9.17, 15) is 14.8 Å². The van der Waals surface area contributed by atoms with Crippen LogP contribution in [0, 0.1) is 17.1 Å². The number of hydrogen-bond donors (Lipinski definition) is 1. The summed E-state index contributed by atoms with van der Waals surface area (Å²) in [7, 11) is 0. The molecule has 4 nitrogen and oxygen atoms in total. The molecule has 0 atom stereocenters. The Morgan fingerprint density at radius 1 is 1.11 bits per heavy atom. The number of piperidine rings is 1. The van der Waals surface area contributed by atoms with Crippen molar-refractivity contribution < 1.29 is 9.50 Å². The van der Waals surface area contributed by atoms with Gasteiger partial charge in [0.25, 0.3) is 0 Å². The molecule has 0 radical (unpaired) electrons. The zero-order valence-electron chi connectivity index (χ0n) is 14.8. The summed E-state index contributed by atoms with van der Waals surface area (Å²) in [6, 6.07) is 12.1. The lowest BCUT2D eigenvalue weighted by Crippen LogP contribution is -2.43. The normalized spacial score (nSPS) is 16.2. The van der Waals surface area contributed by atoms with Gasteiger partial charge in [-0.2, -0.15) is 5.26 Å². The Morgan fingerprint density at radius 3 is 2.50 bits per heavy atom. The smallest absolute Gasteiger partial charge is 0.149 e. The SMILES string of the molecule is N#Cc1cnc2c(F)ccc(Cl)c2c1N1CCC(O)(c2ccccc2Cl)CC1.